The fourth-order valence-electron chi connectivity index (χ4n) is 1.07. The summed E-state index contributed by atoms with van der Waals surface area (Å²) in [6.45, 7) is 1.75. The molecule has 0 aliphatic heterocycles. The van der Waals surface area contributed by atoms with Crippen molar-refractivity contribution in [3.05, 3.63) is 21.9 Å². The molecule has 5 heteroatoms. The van der Waals surface area contributed by atoms with Gasteiger partial charge in [0.2, 0.25) is 0 Å². The minimum atomic E-state index is 0.425. The summed E-state index contributed by atoms with van der Waals surface area (Å²) in [5, 5.41) is 10.9. The molecule has 0 fully saturated rings. The zero-order valence-corrected chi connectivity index (χ0v) is 8.28. The third-order valence-electron chi connectivity index (χ3n) is 1.61. The third-order valence-corrected chi connectivity index (χ3v) is 2.97. The molecule has 0 aromatic carbocycles. The summed E-state index contributed by atoms with van der Waals surface area (Å²) >= 11 is 7.28. The van der Waals surface area contributed by atoms with E-state index in [-0.39, 0.29) is 0 Å². The quantitative estimate of drug-likeness (QED) is 0.627. The van der Waals surface area contributed by atoms with Crippen LogP contribution in [-0.4, -0.2) is 9.97 Å². The lowest BCUT2D eigenvalue weighted by Gasteiger charge is -1.94. The Morgan fingerprint density at radius 1 is 1.54 bits per heavy atom. The van der Waals surface area contributed by atoms with Crippen molar-refractivity contribution in [2.24, 2.45) is 0 Å². The van der Waals surface area contributed by atoms with Gasteiger partial charge in [-0.1, -0.05) is 11.6 Å². The maximum absolute atomic E-state index is 8.76. The van der Waals surface area contributed by atoms with Gasteiger partial charge < -0.3 is 0 Å². The van der Waals surface area contributed by atoms with Crippen LogP contribution in [0.2, 0.25) is 5.15 Å². The fourth-order valence-corrected chi connectivity index (χ4v) is 2.22. The van der Waals surface area contributed by atoms with E-state index < -0.39 is 0 Å². The Hall–Kier alpha value is -1.18. The van der Waals surface area contributed by atoms with Crippen molar-refractivity contribution in [3.8, 4) is 6.07 Å². The summed E-state index contributed by atoms with van der Waals surface area (Å²) < 4.78 is 0.781. The van der Waals surface area contributed by atoms with Crippen LogP contribution in [0.5, 0.6) is 0 Å². The number of fused-ring (bicyclic) bond motifs is 1. The molecule has 2 aromatic rings. The Labute approximate surface area is 83.6 Å². The monoisotopic (exact) mass is 209 g/mol. The van der Waals surface area contributed by atoms with Crippen LogP contribution in [0.1, 0.15) is 11.4 Å². The molecule has 0 aliphatic rings. The molecular weight excluding hydrogens is 206 g/mol. The van der Waals surface area contributed by atoms with E-state index >= 15 is 0 Å². The van der Waals surface area contributed by atoms with Crippen LogP contribution in [0.4, 0.5) is 0 Å². The molecule has 0 saturated heterocycles. The third kappa shape index (κ3) is 1.26. The molecule has 0 amide bonds. The Morgan fingerprint density at radius 2 is 2.31 bits per heavy atom. The van der Waals surface area contributed by atoms with Crippen molar-refractivity contribution >= 4 is 33.2 Å². The number of aromatic nitrogens is 2. The van der Waals surface area contributed by atoms with Gasteiger partial charge in [0.15, 0.2) is 5.15 Å². The number of nitriles is 1. The highest BCUT2D eigenvalue weighted by Gasteiger charge is 2.09. The van der Waals surface area contributed by atoms with Crippen LogP contribution in [-0.2, 0) is 0 Å². The van der Waals surface area contributed by atoms with Crippen molar-refractivity contribution in [1.29, 1.82) is 5.26 Å². The normalized spacial score (nSPS) is 10.2. The Balaban J connectivity index is 2.92. The molecule has 0 bridgehead atoms. The predicted octanol–water partition coefficient (Wildman–Crippen LogP) is 2.52. The Kier molecular flexibility index (Phi) is 1.91. The second kappa shape index (κ2) is 2.95. The van der Waals surface area contributed by atoms with Crippen LogP contribution in [0.25, 0.3) is 10.2 Å². The van der Waals surface area contributed by atoms with Gasteiger partial charge in [0.05, 0.1) is 10.3 Å². The average molecular weight is 210 g/mol. The van der Waals surface area contributed by atoms with E-state index in [2.05, 4.69) is 16.0 Å². The van der Waals surface area contributed by atoms with Gasteiger partial charge in [-0.2, -0.15) is 5.26 Å². The van der Waals surface area contributed by atoms with Gasteiger partial charge in [-0.05, 0) is 6.92 Å². The van der Waals surface area contributed by atoms with Crippen molar-refractivity contribution < 1.29 is 0 Å². The zero-order chi connectivity index (χ0) is 9.42. The van der Waals surface area contributed by atoms with E-state index in [9.17, 15) is 0 Å². The number of hydrogen-bond donors (Lipinski definition) is 0. The molecular formula is C8H4ClN3S. The van der Waals surface area contributed by atoms with Gasteiger partial charge in [0, 0.05) is 5.38 Å². The fraction of sp³-hybridized carbons (Fsp3) is 0.125. The van der Waals surface area contributed by atoms with Crippen molar-refractivity contribution in [2.45, 2.75) is 6.92 Å². The molecule has 2 rings (SSSR count). The summed E-state index contributed by atoms with van der Waals surface area (Å²) in [5.74, 6) is 0.590. The first-order valence-corrected chi connectivity index (χ1v) is 4.79. The van der Waals surface area contributed by atoms with Crippen LogP contribution >= 0.6 is 22.9 Å². The van der Waals surface area contributed by atoms with Crippen LogP contribution in [0.3, 0.4) is 0 Å². The van der Waals surface area contributed by atoms with Crippen LogP contribution in [0, 0.1) is 18.3 Å². The lowest BCUT2D eigenvalue weighted by atomic mass is 10.3. The highest BCUT2D eigenvalue weighted by molar-refractivity contribution is 7.18. The minimum Gasteiger partial charge on any atom is -0.231 e. The van der Waals surface area contributed by atoms with Gasteiger partial charge in [0.1, 0.15) is 17.4 Å². The molecule has 0 radical (unpaired) electrons. The van der Waals surface area contributed by atoms with Crippen LogP contribution < -0.4 is 0 Å². The van der Waals surface area contributed by atoms with Gasteiger partial charge >= 0.3 is 0 Å². The van der Waals surface area contributed by atoms with E-state index in [4.69, 9.17) is 16.9 Å². The van der Waals surface area contributed by atoms with Gasteiger partial charge in [0.25, 0.3) is 0 Å². The molecule has 0 saturated carbocycles. The topological polar surface area (TPSA) is 49.6 Å². The second-order valence-electron chi connectivity index (χ2n) is 2.50. The lowest BCUT2D eigenvalue weighted by molar-refractivity contribution is 1.09. The van der Waals surface area contributed by atoms with E-state index in [1.807, 2.05) is 0 Å². The summed E-state index contributed by atoms with van der Waals surface area (Å²) in [7, 11) is 0. The van der Waals surface area contributed by atoms with Gasteiger partial charge in [-0.15, -0.1) is 11.3 Å². The first kappa shape index (κ1) is 8.42. The Bertz CT molecular complexity index is 512. The molecule has 2 aromatic heterocycles. The maximum Gasteiger partial charge on any atom is 0.150 e. The lowest BCUT2D eigenvalue weighted by Crippen LogP contribution is -1.88. The smallest absolute Gasteiger partial charge is 0.150 e. The van der Waals surface area contributed by atoms with Crippen molar-refractivity contribution in [1.82, 2.24) is 9.97 Å². The number of thiophene rings is 1. The molecule has 2 heterocycles. The van der Waals surface area contributed by atoms with E-state index in [1.165, 1.54) is 11.3 Å². The summed E-state index contributed by atoms with van der Waals surface area (Å²) in [4.78, 5) is 8.16. The van der Waals surface area contributed by atoms with Crippen molar-refractivity contribution in [3.63, 3.8) is 0 Å². The number of rotatable bonds is 0. The second-order valence-corrected chi connectivity index (χ2v) is 3.74. The minimum absolute atomic E-state index is 0.425. The predicted molar refractivity (Wildman–Crippen MR) is 51.9 cm³/mol. The van der Waals surface area contributed by atoms with E-state index in [0.29, 0.717) is 22.1 Å². The van der Waals surface area contributed by atoms with E-state index in [0.717, 1.165) is 4.70 Å². The molecule has 0 atom stereocenters. The summed E-state index contributed by atoms with van der Waals surface area (Å²) in [6.07, 6.45) is 0. The van der Waals surface area contributed by atoms with Crippen LogP contribution in [0.15, 0.2) is 5.38 Å². The maximum atomic E-state index is 8.76. The highest BCUT2D eigenvalue weighted by atomic mass is 35.5. The molecule has 64 valence electrons. The standard InChI is InChI=1S/C8H4ClN3S/c1-4-11-6-5(2-10)3-13-7(6)8(9)12-4/h3H,1H3. The molecule has 0 aliphatic carbocycles. The van der Waals surface area contributed by atoms with Crippen molar-refractivity contribution in [2.75, 3.05) is 0 Å². The highest BCUT2D eigenvalue weighted by Crippen LogP contribution is 2.28. The SMILES string of the molecule is Cc1nc(Cl)c2scc(C#N)c2n1. The number of halogens is 1. The van der Waals surface area contributed by atoms with Gasteiger partial charge in [-0.25, -0.2) is 9.97 Å². The molecule has 0 spiro atoms. The Morgan fingerprint density at radius 3 is 3.00 bits per heavy atom. The van der Waals surface area contributed by atoms with E-state index in [1.54, 1.807) is 12.3 Å². The first-order valence-electron chi connectivity index (χ1n) is 3.54. The summed E-state index contributed by atoms with van der Waals surface area (Å²) in [5.41, 5.74) is 1.22. The number of hydrogen-bond acceptors (Lipinski definition) is 4. The summed E-state index contributed by atoms with van der Waals surface area (Å²) in [6, 6.07) is 2.07. The molecule has 0 N–H and O–H groups in total. The molecule has 3 nitrogen and oxygen atoms in total. The zero-order valence-electron chi connectivity index (χ0n) is 6.71. The van der Waals surface area contributed by atoms with Gasteiger partial charge in [-0.3, -0.25) is 0 Å². The average Bonchev–Trinajstić information content (AvgIpc) is 2.47. The molecule has 0 unspecified atom stereocenters. The first-order chi connectivity index (χ1) is 6.22. The number of nitrogens with zero attached hydrogens (tertiary/aromatic N) is 3. The molecule has 13 heavy (non-hydrogen) atoms. The largest absolute Gasteiger partial charge is 0.231 e. The number of aryl methyl sites for hydroxylation is 1.